The highest BCUT2D eigenvalue weighted by Gasteiger charge is 2.07. The predicted molar refractivity (Wildman–Crippen MR) is 75.1 cm³/mol. The van der Waals surface area contributed by atoms with Crippen molar-refractivity contribution in [3.63, 3.8) is 0 Å². The van der Waals surface area contributed by atoms with Crippen LogP contribution < -0.4 is 10.5 Å². The first-order valence-electron chi connectivity index (χ1n) is 5.66. The zero-order valence-electron chi connectivity index (χ0n) is 10.00. The highest BCUT2D eigenvalue weighted by molar-refractivity contribution is 6.31. The molecule has 0 fully saturated rings. The van der Waals surface area contributed by atoms with Gasteiger partial charge in [0.05, 0.1) is 5.02 Å². The van der Waals surface area contributed by atoms with E-state index in [1.54, 1.807) is 24.3 Å². The smallest absolute Gasteiger partial charge is 0.141 e. The lowest BCUT2D eigenvalue weighted by Crippen LogP contribution is -2.03. The Bertz CT molecular complexity index is 590. The van der Waals surface area contributed by atoms with Crippen LogP contribution in [-0.4, -0.2) is 0 Å². The third kappa shape index (κ3) is 3.38. The van der Waals surface area contributed by atoms with Crippen LogP contribution in [0.4, 0.5) is 4.39 Å². The molecule has 5 heteroatoms. The Morgan fingerprint density at radius 3 is 2.58 bits per heavy atom. The molecule has 0 aliphatic carbocycles. The van der Waals surface area contributed by atoms with E-state index in [4.69, 9.17) is 33.7 Å². The van der Waals surface area contributed by atoms with E-state index in [-0.39, 0.29) is 11.6 Å². The van der Waals surface area contributed by atoms with Gasteiger partial charge in [-0.05, 0) is 29.8 Å². The fourth-order valence-corrected chi connectivity index (χ4v) is 2.11. The molecule has 0 radical (unpaired) electrons. The maximum absolute atomic E-state index is 13.0. The van der Waals surface area contributed by atoms with Crippen LogP contribution in [0.2, 0.25) is 10.0 Å². The SMILES string of the molecule is NCc1c(Cl)cccc1OCc1ccc(F)c(Cl)c1. The van der Waals surface area contributed by atoms with E-state index in [1.165, 1.54) is 12.1 Å². The summed E-state index contributed by atoms with van der Waals surface area (Å²) < 4.78 is 18.7. The first-order chi connectivity index (χ1) is 9.11. The second kappa shape index (κ2) is 6.24. The second-order valence-corrected chi connectivity index (χ2v) is 4.77. The average molecular weight is 300 g/mol. The molecule has 19 heavy (non-hydrogen) atoms. The van der Waals surface area contributed by atoms with Crippen LogP contribution in [0.15, 0.2) is 36.4 Å². The molecule has 0 aromatic heterocycles. The zero-order valence-corrected chi connectivity index (χ0v) is 11.5. The second-order valence-electron chi connectivity index (χ2n) is 3.96. The van der Waals surface area contributed by atoms with Crippen LogP contribution in [0.1, 0.15) is 11.1 Å². The van der Waals surface area contributed by atoms with E-state index in [0.717, 1.165) is 11.1 Å². The summed E-state index contributed by atoms with van der Waals surface area (Å²) in [5, 5.41) is 0.642. The summed E-state index contributed by atoms with van der Waals surface area (Å²) in [5.74, 6) is 0.172. The van der Waals surface area contributed by atoms with Crippen LogP contribution in [0.3, 0.4) is 0 Å². The minimum Gasteiger partial charge on any atom is -0.489 e. The molecular formula is C14H12Cl2FNO. The average Bonchev–Trinajstić information content (AvgIpc) is 2.40. The molecule has 100 valence electrons. The van der Waals surface area contributed by atoms with Gasteiger partial charge in [-0.15, -0.1) is 0 Å². The predicted octanol–water partition coefficient (Wildman–Crippen LogP) is 4.17. The van der Waals surface area contributed by atoms with E-state index in [1.807, 2.05) is 0 Å². The molecule has 2 aromatic carbocycles. The lowest BCUT2D eigenvalue weighted by atomic mass is 10.2. The third-order valence-electron chi connectivity index (χ3n) is 2.66. The molecule has 2 rings (SSSR count). The van der Waals surface area contributed by atoms with Crippen molar-refractivity contribution in [2.75, 3.05) is 0 Å². The van der Waals surface area contributed by atoms with Gasteiger partial charge in [-0.3, -0.25) is 0 Å². The Hall–Kier alpha value is -1.29. The van der Waals surface area contributed by atoms with Gasteiger partial charge in [0, 0.05) is 17.1 Å². The molecule has 0 aliphatic heterocycles. The van der Waals surface area contributed by atoms with Crippen LogP contribution in [0, 0.1) is 5.82 Å². The minimum atomic E-state index is -0.448. The summed E-state index contributed by atoms with van der Waals surface area (Å²) >= 11 is 11.7. The number of hydrogen-bond acceptors (Lipinski definition) is 2. The highest BCUT2D eigenvalue weighted by Crippen LogP contribution is 2.27. The van der Waals surface area contributed by atoms with Crippen LogP contribution in [0.25, 0.3) is 0 Å². The molecule has 2 N–H and O–H groups in total. The number of ether oxygens (including phenoxy) is 1. The van der Waals surface area contributed by atoms with Gasteiger partial charge in [0.2, 0.25) is 0 Å². The number of rotatable bonds is 4. The lowest BCUT2D eigenvalue weighted by Gasteiger charge is -2.12. The van der Waals surface area contributed by atoms with Crippen molar-refractivity contribution in [2.45, 2.75) is 13.2 Å². The summed E-state index contributed by atoms with van der Waals surface area (Å²) in [6.45, 7) is 0.562. The molecule has 2 aromatic rings. The Balaban J connectivity index is 2.14. The molecule has 0 atom stereocenters. The van der Waals surface area contributed by atoms with Crippen molar-refractivity contribution < 1.29 is 9.13 Å². The number of benzene rings is 2. The summed E-state index contributed by atoms with van der Waals surface area (Å²) in [6.07, 6.45) is 0. The number of halogens is 3. The monoisotopic (exact) mass is 299 g/mol. The van der Waals surface area contributed by atoms with E-state index < -0.39 is 5.82 Å². The summed E-state index contributed by atoms with van der Waals surface area (Å²) in [5.41, 5.74) is 7.15. The molecule has 0 heterocycles. The fourth-order valence-electron chi connectivity index (χ4n) is 1.66. The molecule has 0 aliphatic rings. The van der Waals surface area contributed by atoms with Crippen molar-refractivity contribution in [3.05, 3.63) is 63.4 Å². The molecule has 2 nitrogen and oxygen atoms in total. The van der Waals surface area contributed by atoms with Crippen molar-refractivity contribution >= 4 is 23.2 Å². The minimum absolute atomic E-state index is 0.0752. The lowest BCUT2D eigenvalue weighted by molar-refractivity contribution is 0.303. The van der Waals surface area contributed by atoms with Gasteiger partial charge in [-0.1, -0.05) is 35.3 Å². The normalized spacial score (nSPS) is 10.5. The Morgan fingerprint density at radius 1 is 1.11 bits per heavy atom. The van der Waals surface area contributed by atoms with E-state index in [9.17, 15) is 4.39 Å². The quantitative estimate of drug-likeness (QED) is 0.919. The van der Waals surface area contributed by atoms with Crippen molar-refractivity contribution in [1.82, 2.24) is 0 Å². The maximum atomic E-state index is 13.0. The largest absolute Gasteiger partial charge is 0.489 e. The van der Waals surface area contributed by atoms with Crippen molar-refractivity contribution in [3.8, 4) is 5.75 Å². The van der Waals surface area contributed by atoms with Gasteiger partial charge in [0.15, 0.2) is 0 Å². The maximum Gasteiger partial charge on any atom is 0.141 e. The molecule has 0 spiro atoms. The zero-order chi connectivity index (χ0) is 13.8. The highest BCUT2D eigenvalue weighted by atomic mass is 35.5. The van der Waals surface area contributed by atoms with Crippen LogP contribution in [0.5, 0.6) is 5.75 Å². The van der Waals surface area contributed by atoms with Gasteiger partial charge in [-0.25, -0.2) is 4.39 Å². The molecule has 0 saturated heterocycles. The van der Waals surface area contributed by atoms with E-state index in [0.29, 0.717) is 17.3 Å². The van der Waals surface area contributed by atoms with E-state index in [2.05, 4.69) is 0 Å². The van der Waals surface area contributed by atoms with Gasteiger partial charge in [-0.2, -0.15) is 0 Å². The Kier molecular flexibility index (Phi) is 4.64. The fraction of sp³-hybridized carbons (Fsp3) is 0.143. The summed E-state index contributed by atoms with van der Waals surface area (Å²) in [4.78, 5) is 0. The molecule has 0 bridgehead atoms. The van der Waals surface area contributed by atoms with Crippen LogP contribution >= 0.6 is 23.2 Å². The van der Waals surface area contributed by atoms with Crippen molar-refractivity contribution in [1.29, 1.82) is 0 Å². The Morgan fingerprint density at radius 2 is 1.89 bits per heavy atom. The van der Waals surface area contributed by atoms with Crippen molar-refractivity contribution in [2.24, 2.45) is 5.73 Å². The first kappa shape index (κ1) is 14.1. The van der Waals surface area contributed by atoms with Gasteiger partial charge < -0.3 is 10.5 Å². The summed E-state index contributed by atoms with van der Waals surface area (Å²) in [6, 6.07) is 9.79. The topological polar surface area (TPSA) is 35.2 Å². The summed E-state index contributed by atoms with van der Waals surface area (Å²) in [7, 11) is 0. The van der Waals surface area contributed by atoms with E-state index >= 15 is 0 Å². The molecule has 0 saturated carbocycles. The molecule has 0 unspecified atom stereocenters. The van der Waals surface area contributed by atoms with Gasteiger partial charge >= 0.3 is 0 Å². The van der Waals surface area contributed by atoms with Gasteiger partial charge in [0.1, 0.15) is 18.2 Å². The third-order valence-corrected chi connectivity index (χ3v) is 3.30. The number of hydrogen-bond donors (Lipinski definition) is 1. The number of nitrogens with two attached hydrogens (primary N) is 1. The standard InChI is InChI=1S/C14H12Cl2FNO/c15-11-2-1-3-14(10(11)7-18)19-8-9-4-5-13(17)12(16)6-9/h1-6H,7-8,18H2. The van der Waals surface area contributed by atoms with Gasteiger partial charge in [0.25, 0.3) is 0 Å². The Labute approximate surface area is 120 Å². The first-order valence-corrected chi connectivity index (χ1v) is 6.41. The molecule has 0 amide bonds. The van der Waals surface area contributed by atoms with Crippen LogP contribution in [-0.2, 0) is 13.2 Å². The molecular weight excluding hydrogens is 288 g/mol.